The number of carbonyl (C=O) groups excluding carboxylic acids is 1. The van der Waals surface area contributed by atoms with Crippen molar-refractivity contribution in [3.8, 4) is 0 Å². The Balaban J connectivity index is 2.49. The second-order valence-corrected chi connectivity index (χ2v) is 8.42. The van der Waals surface area contributed by atoms with Crippen LogP contribution in [0.25, 0.3) is 0 Å². The van der Waals surface area contributed by atoms with Gasteiger partial charge in [-0.05, 0) is 20.5 Å². The molecular formula is C12H20N4O3S2. The van der Waals surface area contributed by atoms with Crippen molar-refractivity contribution in [2.75, 3.05) is 44.1 Å². The number of primary amides is 1. The van der Waals surface area contributed by atoms with Crippen molar-refractivity contribution in [2.45, 2.75) is 17.4 Å². The van der Waals surface area contributed by atoms with Crippen LogP contribution >= 0.6 is 11.3 Å². The lowest BCUT2D eigenvalue weighted by Crippen LogP contribution is -2.31. The minimum Gasteiger partial charge on any atom is -0.396 e. The fourth-order valence-electron chi connectivity index (χ4n) is 2.51. The molecule has 0 spiro atoms. The molecule has 0 bridgehead atoms. The zero-order chi connectivity index (χ0) is 15.9. The average molecular weight is 332 g/mol. The second-order valence-electron chi connectivity index (χ2n) is 5.47. The van der Waals surface area contributed by atoms with Gasteiger partial charge in [0.2, 0.25) is 0 Å². The molecule has 118 valence electrons. The molecular weight excluding hydrogens is 312 g/mol. The highest BCUT2D eigenvalue weighted by molar-refractivity contribution is 7.91. The van der Waals surface area contributed by atoms with E-state index in [1.165, 1.54) is 0 Å². The number of nitrogens with zero attached hydrogens (tertiary/aromatic N) is 2. The largest absolute Gasteiger partial charge is 0.396 e. The minimum atomic E-state index is -3.53. The summed E-state index contributed by atoms with van der Waals surface area (Å²) in [7, 11) is 0.449. The van der Waals surface area contributed by atoms with E-state index in [1.807, 2.05) is 19.0 Å². The summed E-state index contributed by atoms with van der Waals surface area (Å²) in [6, 6.07) is 0.345. The molecule has 21 heavy (non-hydrogen) atoms. The highest BCUT2D eigenvalue weighted by atomic mass is 32.2. The van der Waals surface area contributed by atoms with E-state index in [9.17, 15) is 13.2 Å². The van der Waals surface area contributed by atoms with Crippen LogP contribution in [0.1, 0.15) is 16.1 Å². The standard InChI is InChI=1S/C12H20N4O3S2/c1-15(2)7-4-5-16(6-7)12-10(21(3,18)19)8(13)9(20-12)11(14)17/h7H,4-6,13H2,1-3H3,(H2,14,17). The Bertz CT molecular complexity index is 666. The van der Waals surface area contributed by atoms with Crippen LogP contribution in [0.4, 0.5) is 10.7 Å². The third-order valence-electron chi connectivity index (χ3n) is 3.66. The monoisotopic (exact) mass is 332 g/mol. The van der Waals surface area contributed by atoms with Crippen molar-refractivity contribution in [1.29, 1.82) is 0 Å². The van der Waals surface area contributed by atoms with Gasteiger partial charge in [0.25, 0.3) is 5.91 Å². The van der Waals surface area contributed by atoms with Gasteiger partial charge in [0.05, 0.1) is 5.69 Å². The van der Waals surface area contributed by atoms with Crippen LogP contribution in [0.15, 0.2) is 4.90 Å². The fourth-order valence-corrected chi connectivity index (χ4v) is 5.11. The van der Waals surface area contributed by atoms with Crippen LogP contribution in [-0.2, 0) is 9.84 Å². The van der Waals surface area contributed by atoms with Gasteiger partial charge in [0, 0.05) is 25.4 Å². The molecule has 1 aliphatic heterocycles. The highest BCUT2D eigenvalue weighted by Gasteiger charge is 2.33. The predicted molar refractivity (Wildman–Crippen MR) is 84.7 cm³/mol. The molecule has 0 radical (unpaired) electrons. The third kappa shape index (κ3) is 2.99. The Hall–Kier alpha value is -1.32. The molecule has 0 aliphatic carbocycles. The summed E-state index contributed by atoms with van der Waals surface area (Å²) in [6.07, 6.45) is 2.03. The molecule has 1 unspecified atom stereocenters. The summed E-state index contributed by atoms with van der Waals surface area (Å²) in [6.45, 7) is 1.43. The molecule has 0 saturated carbocycles. The van der Waals surface area contributed by atoms with E-state index in [1.54, 1.807) is 0 Å². The number of sulfone groups is 1. The molecule has 1 saturated heterocycles. The molecule has 1 aromatic rings. The first kappa shape index (κ1) is 16.1. The molecule has 1 aliphatic rings. The number of carbonyl (C=O) groups is 1. The molecule has 0 aromatic carbocycles. The van der Waals surface area contributed by atoms with E-state index in [2.05, 4.69) is 4.90 Å². The molecule has 2 heterocycles. The third-order valence-corrected chi connectivity index (χ3v) is 6.22. The summed E-state index contributed by atoms with van der Waals surface area (Å²) < 4.78 is 24.0. The van der Waals surface area contributed by atoms with Crippen LogP contribution in [0, 0.1) is 0 Å². The molecule has 7 nitrogen and oxygen atoms in total. The lowest BCUT2D eigenvalue weighted by Gasteiger charge is -2.21. The number of anilines is 2. The van der Waals surface area contributed by atoms with Crippen molar-refractivity contribution in [3.05, 3.63) is 4.88 Å². The zero-order valence-corrected chi connectivity index (χ0v) is 13.9. The van der Waals surface area contributed by atoms with Crippen molar-refractivity contribution in [1.82, 2.24) is 4.90 Å². The topological polar surface area (TPSA) is 110 Å². The van der Waals surface area contributed by atoms with Gasteiger partial charge in [0.15, 0.2) is 9.84 Å². The van der Waals surface area contributed by atoms with E-state index in [-0.39, 0.29) is 15.5 Å². The molecule has 1 fully saturated rings. The van der Waals surface area contributed by atoms with E-state index in [0.717, 1.165) is 30.6 Å². The Morgan fingerprint density at radius 3 is 2.48 bits per heavy atom. The summed E-state index contributed by atoms with van der Waals surface area (Å²) in [4.78, 5) is 15.6. The lowest BCUT2D eigenvalue weighted by atomic mass is 10.2. The molecule has 2 rings (SSSR count). The summed E-state index contributed by atoms with van der Waals surface area (Å²) >= 11 is 1.06. The first-order valence-corrected chi connectivity index (χ1v) is 9.17. The molecule has 1 atom stereocenters. The van der Waals surface area contributed by atoms with Gasteiger partial charge in [-0.15, -0.1) is 11.3 Å². The molecule has 4 N–H and O–H groups in total. The van der Waals surface area contributed by atoms with Crippen molar-refractivity contribution >= 4 is 37.8 Å². The van der Waals surface area contributed by atoms with E-state index < -0.39 is 15.7 Å². The number of nitrogen functional groups attached to an aromatic ring is 1. The Morgan fingerprint density at radius 1 is 1.43 bits per heavy atom. The van der Waals surface area contributed by atoms with Crippen LogP contribution in [0.5, 0.6) is 0 Å². The van der Waals surface area contributed by atoms with Gasteiger partial charge in [-0.1, -0.05) is 0 Å². The summed E-state index contributed by atoms with van der Waals surface area (Å²) in [5.41, 5.74) is 11.1. The number of likely N-dealkylation sites (N-methyl/N-ethyl adjacent to an activating group) is 1. The number of hydrogen-bond acceptors (Lipinski definition) is 7. The quantitative estimate of drug-likeness (QED) is 0.801. The molecule has 9 heteroatoms. The van der Waals surface area contributed by atoms with E-state index in [4.69, 9.17) is 11.5 Å². The van der Waals surface area contributed by atoms with E-state index in [0.29, 0.717) is 17.6 Å². The highest BCUT2D eigenvalue weighted by Crippen LogP contribution is 2.42. The van der Waals surface area contributed by atoms with Crippen LogP contribution in [0.2, 0.25) is 0 Å². The number of nitrogens with two attached hydrogens (primary N) is 2. The van der Waals surface area contributed by atoms with E-state index >= 15 is 0 Å². The number of thiophene rings is 1. The van der Waals surface area contributed by atoms with Crippen LogP contribution in [-0.4, -0.2) is 58.7 Å². The lowest BCUT2D eigenvalue weighted by molar-refractivity contribution is 0.100. The smallest absolute Gasteiger partial charge is 0.261 e. The summed E-state index contributed by atoms with van der Waals surface area (Å²) in [5, 5.41) is 0.521. The van der Waals surface area contributed by atoms with Gasteiger partial charge >= 0.3 is 0 Å². The van der Waals surface area contributed by atoms with Crippen LogP contribution in [0.3, 0.4) is 0 Å². The maximum absolute atomic E-state index is 12.0. The van der Waals surface area contributed by atoms with Crippen LogP contribution < -0.4 is 16.4 Å². The fraction of sp³-hybridized carbons (Fsp3) is 0.583. The maximum atomic E-state index is 12.0. The Labute approximate surface area is 128 Å². The Kier molecular flexibility index (Phi) is 4.18. The molecule has 1 aromatic heterocycles. The number of amides is 1. The Morgan fingerprint density at radius 2 is 2.05 bits per heavy atom. The SMILES string of the molecule is CN(C)C1CCN(c2sc(C(N)=O)c(N)c2S(C)(=O)=O)C1. The first-order chi connectivity index (χ1) is 9.62. The second kappa shape index (κ2) is 5.47. The molecule has 1 amide bonds. The summed E-state index contributed by atoms with van der Waals surface area (Å²) in [5.74, 6) is -0.697. The first-order valence-electron chi connectivity index (χ1n) is 6.46. The van der Waals surface area contributed by atoms with Crippen molar-refractivity contribution in [2.24, 2.45) is 5.73 Å². The predicted octanol–water partition coefficient (Wildman–Crippen LogP) is -0.0270. The van der Waals surface area contributed by atoms with Gasteiger partial charge in [0.1, 0.15) is 14.8 Å². The van der Waals surface area contributed by atoms with Gasteiger partial charge in [-0.3, -0.25) is 4.79 Å². The van der Waals surface area contributed by atoms with Gasteiger partial charge < -0.3 is 21.3 Å². The normalized spacial score (nSPS) is 19.4. The van der Waals surface area contributed by atoms with Crippen molar-refractivity contribution < 1.29 is 13.2 Å². The maximum Gasteiger partial charge on any atom is 0.261 e. The number of rotatable bonds is 4. The zero-order valence-electron chi connectivity index (χ0n) is 12.3. The van der Waals surface area contributed by atoms with Gasteiger partial charge in [-0.2, -0.15) is 0 Å². The minimum absolute atomic E-state index is 0.0284. The van der Waals surface area contributed by atoms with Crippen molar-refractivity contribution in [3.63, 3.8) is 0 Å². The van der Waals surface area contributed by atoms with Gasteiger partial charge in [-0.25, -0.2) is 8.42 Å². The number of hydrogen-bond donors (Lipinski definition) is 2. The average Bonchev–Trinajstić information content (AvgIpc) is 2.91.